The Labute approximate surface area is 93.5 Å². The highest BCUT2D eigenvalue weighted by molar-refractivity contribution is 5.92. The number of carbonyl (C=O) groups excluding carboxylic acids is 1. The highest BCUT2D eigenvalue weighted by atomic mass is 19.1. The van der Waals surface area contributed by atoms with E-state index in [-0.39, 0.29) is 24.9 Å². The Morgan fingerprint density at radius 2 is 2.25 bits per heavy atom. The zero-order valence-corrected chi connectivity index (χ0v) is 9.09. The SMILES string of the molecule is Cc1cc(F)ccc1NC(=O)CNCCO. The Morgan fingerprint density at radius 1 is 1.50 bits per heavy atom. The van der Waals surface area contributed by atoms with Crippen molar-refractivity contribution < 1.29 is 14.3 Å². The number of hydrogen-bond acceptors (Lipinski definition) is 3. The summed E-state index contributed by atoms with van der Waals surface area (Å²) in [6.07, 6.45) is 0. The van der Waals surface area contributed by atoms with Gasteiger partial charge in [0.05, 0.1) is 13.2 Å². The Kier molecular flexibility index (Phi) is 4.88. The van der Waals surface area contributed by atoms with Crippen LogP contribution in [0.1, 0.15) is 5.56 Å². The molecule has 4 nitrogen and oxygen atoms in total. The second-order valence-electron chi connectivity index (χ2n) is 3.41. The molecule has 88 valence electrons. The highest BCUT2D eigenvalue weighted by Crippen LogP contribution is 2.15. The van der Waals surface area contributed by atoms with Gasteiger partial charge >= 0.3 is 0 Å². The summed E-state index contributed by atoms with van der Waals surface area (Å²) in [6.45, 7) is 2.20. The van der Waals surface area contributed by atoms with E-state index in [1.165, 1.54) is 18.2 Å². The monoisotopic (exact) mass is 226 g/mol. The molecule has 3 N–H and O–H groups in total. The van der Waals surface area contributed by atoms with Gasteiger partial charge in [-0.15, -0.1) is 0 Å². The van der Waals surface area contributed by atoms with Crippen LogP contribution in [0.5, 0.6) is 0 Å². The maximum Gasteiger partial charge on any atom is 0.238 e. The van der Waals surface area contributed by atoms with E-state index in [0.29, 0.717) is 17.8 Å². The van der Waals surface area contributed by atoms with Gasteiger partial charge in [-0.1, -0.05) is 0 Å². The van der Waals surface area contributed by atoms with Crippen molar-refractivity contribution in [3.8, 4) is 0 Å². The summed E-state index contributed by atoms with van der Waals surface area (Å²) in [5, 5.41) is 13.9. The first-order valence-electron chi connectivity index (χ1n) is 5.01. The van der Waals surface area contributed by atoms with Crippen LogP contribution in [0.3, 0.4) is 0 Å². The molecule has 1 amide bonds. The number of halogens is 1. The molecule has 0 heterocycles. The summed E-state index contributed by atoms with van der Waals surface area (Å²) in [5.74, 6) is -0.544. The largest absolute Gasteiger partial charge is 0.395 e. The third-order valence-corrected chi connectivity index (χ3v) is 2.04. The van der Waals surface area contributed by atoms with Crippen molar-refractivity contribution in [3.63, 3.8) is 0 Å². The molecule has 1 rings (SSSR count). The van der Waals surface area contributed by atoms with Crippen LogP contribution in [-0.4, -0.2) is 30.7 Å². The van der Waals surface area contributed by atoms with Gasteiger partial charge in [0, 0.05) is 12.2 Å². The van der Waals surface area contributed by atoms with Gasteiger partial charge in [0.25, 0.3) is 0 Å². The molecule has 0 radical (unpaired) electrons. The van der Waals surface area contributed by atoms with Gasteiger partial charge < -0.3 is 15.7 Å². The van der Waals surface area contributed by atoms with E-state index in [1.807, 2.05) is 0 Å². The van der Waals surface area contributed by atoms with Gasteiger partial charge in [0.15, 0.2) is 0 Å². The van der Waals surface area contributed by atoms with Crippen molar-refractivity contribution in [2.24, 2.45) is 0 Å². The molecule has 0 fully saturated rings. The highest BCUT2D eigenvalue weighted by Gasteiger charge is 2.04. The Morgan fingerprint density at radius 3 is 2.88 bits per heavy atom. The molecule has 1 aromatic carbocycles. The Bertz CT molecular complexity index is 369. The molecule has 0 aliphatic heterocycles. The summed E-state index contributed by atoms with van der Waals surface area (Å²) in [6, 6.07) is 4.18. The number of hydrogen-bond donors (Lipinski definition) is 3. The molecule has 5 heteroatoms. The number of aliphatic hydroxyl groups excluding tert-OH is 1. The van der Waals surface area contributed by atoms with Crippen molar-refractivity contribution in [1.29, 1.82) is 0 Å². The lowest BCUT2D eigenvalue weighted by Gasteiger charge is -2.08. The normalized spacial score (nSPS) is 10.2. The van der Waals surface area contributed by atoms with Crippen LogP contribution in [0.2, 0.25) is 0 Å². The molecule has 0 saturated carbocycles. The van der Waals surface area contributed by atoms with Crippen molar-refractivity contribution in [2.75, 3.05) is 25.0 Å². The van der Waals surface area contributed by atoms with Gasteiger partial charge in [0.2, 0.25) is 5.91 Å². The molecule has 0 aliphatic rings. The summed E-state index contributed by atoms with van der Waals surface area (Å²) >= 11 is 0. The standard InChI is InChI=1S/C11H15FN2O2/c1-8-6-9(12)2-3-10(8)14-11(16)7-13-4-5-15/h2-3,6,13,15H,4-5,7H2,1H3,(H,14,16). The Balaban J connectivity index is 2.49. The van der Waals surface area contributed by atoms with E-state index >= 15 is 0 Å². The van der Waals surface area contributed by atoms with Crippen LogP contribution in [-0.2, 0) is 4.79 Å². The van der Waals surface area contributed by atoms with Gasteiger partial charge in [-0.3, -0.25) is 4.79 Å². The minimum Gasteiger partial charge on any atom is -0.395 e. The lowest BCUT2D eigenvalue weighted by Crippen LogP contribution is -2.30. The minimum absolute atomic E-state index is 0.0111. The van der Waals surface area contributed by atoms with E-state index in [4.69, 9.17) is 5.11 Å². The number of aryl methyl sites for hydroxylation is 1. The van der Waals surface area contributed by atoms with Crippen molar-refractivity contribution in [2.45, 2.75) is 6.92 Å². The van der Waals surface area contributed by atoms with E-state index in [9.17, 15) is 9.18 Å². The van der Waals surface area contributed by atoms with Gasteiger partial charge in [-0.05, 0) is 30.7 Å². The first-order chi connectivity index (χ1) is 7.63. The predicted molar refractivity (Wildman–Crippen MR) is 59.7 cm³/mol. The number of rotatable bonds is 5. The average Bonchev–Trinajstić information content (AvgIpc) is 2.23. The Hall–Kier alpha value is -1.46. The minimum atomic E-state index is -0.325. The van der Waals surface area contributed by atoms with Crippen molar-refractivity contribution in [3.05, 3.63) is 29.6 Å². The molecule has 0 aromatic heterocycles. The van der Waals surface area contributed by atoms with Crippen LogP contribution in [0.25, 0.3) is 0 Å². The number of carbonyl (C=O) groups is 1. The average molecular weight is 226 g/mol. The number of aliphatic hydroxyl groups is 1. The first kappa shape index (κ1) is 12.6. The third kappa shape index (κ3) is 3.96. The van der Waals surface area contributed by atoms with E-state index < -0.39 is 0 Å². The van der Waals surface area contributed by atoms with Gasteiger partial charge in [0.1, 0.15) is 5.82 Å². The summed E-state index contributed by atoms with van der Waals surface area (Å²) < 4.78 is 12.8. The fraction of sp³-hybridized carbons (Fsp3) is 0.364. The van der Waals surface area contributed by atoms with E-state index in [0.717, 1.165) is 0 Å². The number of amides is 1. The van der Waals surface area contributed by atoms with Gasteiger partial charge in [-0.2, -0.15) is 0 Å². The first-order valence-corrected chi connectivity index (χ1v) is 5.01. The van der Waals surface area contributed by atoms with Crippen molar-refractivity contribution >= 4 is 11.6 Å². The molecule has 0 bridgehead atoms. The number of nitrogens with one attached hydrogen (secondary N) is 2. The molecule has 0 saturated heterocycles. The third-order valence-electron chi connectivity index (χ3n) is 2.04. The fourth-order valence-electron chi connectivity index (χ4n) is 1.24. The predicted octanol–water partition coefficient (Wildman–Crippen LogP) is 0.655. The lowest BCUT2D eigenvalue weighted by atomic mass is 10.2. The second-order valence-corrected chi connectivity index (χ2v) is 3.41. The smallest absolute Gasteiger partial charge is 0.238 e. The van der Waals surface area contributed by atoms with E-state index in [1.54, 1.807) is 6.92 Å². The zero-order chi connectivity index (χ0) is 12.0. The molecule has 0 atom stereocenters. The maximum absolute atomic E-state index is 12.8. The molecule has 1 aromatic rings. The quantitative estimate of drug-likeness (QED) is 0.646. The van der Waals surface area contributed by atoms with Crippen LogP contribution < -0.4 is 10.6 Å². The molecular formula is C11H15FN2O2. The number of benzene rings is 1. The van der Waals surface area contributed by atoms with Crippen LogP contribution >= 0.6 is 0 Å². The number of anilines is 1. The van der Waals surface area contributed by atoms with Crippen LogP contribution in [0.15, 0.2) is 18.2 Å². The summed E-state index contributed by atoms with van der Waals surface area (Å²) in [4.78, 5) is 11.4. The second kappa shape index (κ2) is 6.19. The summed E-state index contributed by atoms with van der Waals surface area (Å²) in [5.41, 5.74) is 1.27. The maximum atomic E-state index is 12.8. The van der Waals surface area contributed by atoms with E-state index in [2.05, 4.69) is 10.6 Å². The molecule has 0 spiro atoms. The molecule has 0 aliphatic carbocycles. The van der Waals surface area contributed by atoms with Crippen LogP contribution in [0, 0.1) is 12.7 Å². The molecule has 0 unspecified atom stereocenters. The molecular weight excluding hydrogens is 211 g/mol. The van der Waals surface area contributed by atoms with Crippen molar-refractivity contribution in [1.82, 2.24) is 5.32 Å². The summed E-state index contributed by atoms with van der Waals surface area (Å²) in [7, 11) is 0. The van der Waals surface area contributed by atoms with Crippen LogP contribution in [0.4, 0.5) is 10.1 Å². The topological polar surface area (TPSA) is 61.4 Å². The molecule has 16 heavy (non-hydrogen) atoms. The zero-order valence-electron chi connectivity index (χ0n) is 9.09. The fourth-order valence-corrected chi connectivity index (χ4v) is 1.24. The lowest BCUT2D eigenvalue weighted by molar-refractivity contribution is -0.115. The van der Waals surface area contributed by atoms with Gasteiger partial charge in [-0.25, -0.2) is 4.39 Å².